The van der Waals surface area contributed by atoms with E-state index in [1.165, 1.54) is 0 Å². The summed E-state index contributed by atoms with van der Waals surface area (Å²) < 4.78 is 14.0. The molecule has 0 aliphatic carbocycles. The number of piperidine rings is 1. The Morgan fingerprint density at radius 2 is 1.78 bits per heavy atom. The number of aromatic amines is 1. The van der Waals surface area contributed by atoms with Crippen molar-refractivity contribution in [1.29, 1.82) is 0 Å². The summed E-state index contributed by atoms with van der Waals surface area (Å²) in [6, 6.07) is 15.8. The van der Waals surface area contributed by atoms with E-state index in [2.05, 4.69) is 28.6 Å². The molecule has 0 amide bonds. The molecule has 3 heterocycles. The van der Waals surface area contributed by atoms with Gasteiger partial charge in [0, 0.05) is 30.6 Å². The lowest BCUT2D eigenvalue weighted by Crippen LogP contribution is -2.36. The van der Waals surface area contributed by atoms with Crippen molar-refractivity contribution in [2.75, 3.05) is 13.1 Å². The number of H-pyrrole nitrogens is 1. The molecule has 1 saturated heterocycles. The Hall–Kier alpha value is -3.74. The number of rotatable bonds is 6. The van der Waals surface area contributed by atoms with E-state index in [4.69, 9.17) is 14.6 Å². The van der Waals surface area contributed by atoms with Crippen LogP contribution in [0.15, 0.2) is 65.8 Å². The summed E-state index contributed by atoms with van der Waals surface area (Å²) in [5.41, 5.74) is 4.07. The maximum atomic E-state index is 12.9. The molecule has 194 valence electrons. The summed E-state index contributed by atoms with van der Waals surface area (Å²) in [7, 11) is 0. The topological polar surface area (TPSA) is 71.9 Å². The average Bonchev–Trinajstić information content (AvgIpc) is 3.21. The van der Waals surface area contributed by atoms with Crippen molar-refractivity contribution in [3.8, 4) is 16.9 Å². The molecule has 4 aromatic rings. The fraction of sp³-hybridized carbons (Fsp3) is 0.400. The Morgan fingerprint density at radius 1 is 1.08 bits per heavy atom. The van der Waals surface area contributed by atoms with Crippen molar-refractivity contribution in [3.05, 3.63) is 77.0 Å². The highest BCUT2D eigenvalue weighted by Gasteiger charge is 2.27. The van der Waals surface area contributed by atoms with Gasteiger partial charge in [0.1, 0.15) is 17.0 Å². The molecule has 0 unspecified atom stereocenters. The monoisotopic (exact) mass is 500 g/mol. The minimum absolute atomic E-state index is 0.0476. The molecule has 0 spiro atoms. The molecular formula is C30H36N4O3. The second-order valence-electron chi connectivity index (χ2n) is 11.1. The number of nitrogens with one attached hydrogen (secondary N) is 1. The van der Waals surface area contributed by atoms with Gasteiger partial charge < -0.3 is 19.4 Å². The van der Waals surface area contributed by atoms with E-state index < -0.39 is 0 Å². The fourth-order valence-corrected chi connectivity index (χ4v) is 5.19. The standard InChI is InChI=1S/C30H36N4O3/c1-19(2)36-26-13-8-7-10-22(26)23-11-9-12-24-28(23)29-31-27(35)18-25(34(29)32-24)21-14-16-33(17-15-21)20(3)37-30(4,5)6/h7-13,18-19,21H,3,14-17H2,1-2,4-6H3,(H,31,35). The predicted octanol–water partition coefficient (Wildman–Crippen LogP) is 6.10. The van der Waals surface area contributed by atoms with Crippen molar-refractivity contribution >= 4 is 16.6 Å². The zero-order valence-corrected chi connectivity index (χ0v) is 22.4. The Morgan fingerprint density at radius 3 is 2.49 bits per heavy atom. The number of para-hydroxylation sites is 1. The Kier molecular flexibility index (Phi) is 6.48. The van der Waals surface area contributed by atoms with Crippen LogP contribution in [0.3, 0.4) is 0 Å². The van der Waals surface area contributed by atoms with Crippen molar-refractivity contribution in [1.82, 2.24) is 19.5 Å². The molecule has 37 heavy (non-hydrogen) atoms. The number of aromatic nitrogens is 3. The third-order valence-electron chi connectivity index (χ3n) is 6.69. The summed E-state index contributed by atoms with van der Waals surface area (Å²) in [4.78, 5) is 18.2. The highest BCUT2D eigenvalue weighted by atomic mass is 16.5. The summed E-state index contributed by atoms with van der Waals surface area (Å²) >= 11 is 0. The molecule has 1 aliphatic heterocycles. The Bertz CT molecular complexity index is 1500. The first-order valence-corrected chi connectivity index (χ1v) is 13.0. The molecule has 5 rings (SSSR count). The molecule has 1 N–H and O–H groups in total. The first-order valence-electron chi connectivity index (χ1n) is 13.0. The minimum atomic E-state index is -0.279. The number of likely N-dealkylation sites (tertiary alicyclic amines) is 1. The van der Waals surface area contributed by atoms with Gasteiger partial charge >= 0.3 is 0 Å². The van der Waals surface area contributed by atoms with Gasteiger partial charge in [-0.1, -0.05) is 30.3 Å². The van der Waals surface area contributed by atoms with Crippen molar-refractivity contribution in [2.45, 2.75) is 65.1 Å². The van der Waals surface area contributed by atoms with Crippen LogP contribution in [0.4, 0.5) is 0 Å². The zero-order chi connectivity index (χ0) is 26.3. The van der Waals surface area contributed by atoms with E-state index in [1.807, 2.05) is 69.5 Å². The molecule has 7 heteroatoms. The minimum Gasteiger partial charge on any atom is -0.490 e. The van der Waals surface area contributed by atoms with E-state index in [1.54, 1.807) is 6.07 Å². The van der Waals surface area contributed by atoms with Crippen LogP contribution >= 0.6 is 0 Å². The molecule has 7 nitrogen and oxygen atoms in total. The fourth-order valence-electron chi connectivity index (χ4n) is 5.19. The highest BCUT2D eigenvalue weighted by molar-refractivity contribution is 6.04. The summed E-state index contributed by atoms with van der Waals surface area (Å²) in [6.07, 6.45) is 1.82. The van der Waals surface area contributed by atoms with Crippen LogP contribution in [-0.4, -0.2) is 44.3 Å². The lowest BCUT2D eigenvalue weighted by Gasteiger charge is -2.36. The summed E-state index contributed by atoms with van der Waals surface area (Å²) in [6.45, 7) is 15.9. The second kappa shape index (κ2) is 9.61. The quantitative estimate of drug-likeness (QED) is 0.324. The van der Waals surface area contributed by atoms with E-state index >= 15 is 0 Å². The lowest BCUT2D eigenvalue weighted by molar-refractivity contribution is -0.00307. The molecule has 2 aromatic carbocycles. The van der Waals surface area contributed by atoms with Crippen LogP contribution in [0.25, 0.3) is 27.7 Å². The zero-order valence-electron chi connectivity index (χ0n) is 22.4. The first-order chi connectivity index (χ1) is 17.6. The van der Waals surface area contributed by atoms with Gasteiger partial charge in [-0.05, 0) is 71.7 Å². The van der Waals surface area contributed by atoms with Gasteiger partial charge in [0.25, 0.3) is 5.56 Å². The van der Waals surface area contributed by atoms with Crippen LogP contribution < -0.4 is 10.3 Å². The lowest BCUT2D eigenvalue weighted by atomic mass is 9.93. The largest absolute Gasteiger partial charge is 0.490 e. The van der Waals surface area contributed by atoms with Crippen molar-refractivity contribution < 1.29 is 9.47 Å². The number of nitrogens with zero attached hydrogens (tertiary/aromatic N) is 3. The van der Waals surface area contributed by atoms with E-state index in [0.29, 0.717) is 5.88 Å². The third kappa shape index (κ3) is 5.08. The van der Waals surface area contributed by atoms with Crippen molar-refractivity contribution in [2.24, 2.45) is 0 Å². The van der Waals surface area contributed by atoms with E-state index in [-0.39, 0.29) is 23.2 Å². The number of fused-ring (bicyclic) bond motifs is 3. The average molecular weight is 501 g/mol. The molecule has 0 atom stereocenters. The molecule has 0 bridgehead atoms. The maximum absolute atomic E-state index is 12.9. The van der Waals surface area contributed by atoms with Gasteiger partial charge in [0.15, 0.2) is 5.88 Å². The highest BCUT2D eigenvalue weighted by Crippen LogP contribution is 2.38. The van der Waals surface area contributed by atoms with E-state index in [9.17, 15) is 4.79 Å². The molecule has 1 fully saturated rings. The Balaban J connectivity index is 1.54. The smallest absolute Gasteiger partial charge is 0.251 e. The van der Waals surface area contributed by atoms with Gasteiger partial charge in [-0.25, -0.2) is 4.52 Å². The normalized spacial score (nSPS) is 15.0. The number of hydrogen-bond donors (Lipinski definition) is 1. The Labute approximate surface area is 217 Å². The van der Waals surface area contributed by atoms with Crippen LogP contribution in [0.1, 0.15) is 59.1 Å². The van der Waals surface area contributed by atoms with Crippen molar-refractivity contribution in [3.63, 3.8) is 0 Å². The van der Waals surface area contributed by atoms with Gasteiger partial charge in [-0.15, -0.1) is 0 Å². The molecule has 0 radical (unpaired) electrons. The van der Waals surface area contributed by atoms with Crippen LogP contribution in [0.2, 0.25) is 0 Å². The van der Waals surface area contributed by atoms with Gasteiger partial charge in [0.05, 0.1) is 22.7 Å². The number of hydrogen-bond acceptors (Lipinski definition) is 5. The van der Waals surface area contributed by atoms with Crippen LogP contribution in [0.5, 0.6) is 5.75 Å². The summed E-state index contributed by atoms with van der Waals surface area (Å²) in [5.74, 6) is 1.73. The van der Waals surface area contributed by atoms with Gasteiger partial charge in [-0.2, -0.15) is 5.10 Å². The first kappa shape index (κ1) is 24.9. The van der Waals surface area contributed by atoms with Crippen LogP contribution in [0, 0.1) is 0 Å². The third-order valence-corrected chi connectivity index (χ3v) is 6.69. The van der Waals surface area contributed by atoms with Gasteiger partial charge in [0.2, 0.25) is 0 Å². The molecule has 1 aliphatic rings. The SMILES string of the molecule is C=C(OC(C)(C)C)N1CCC(c2cc(=O)[nH]c3c4c(-c5ccccc5OC(C)C)cccc4nn23)CC1. The summed E-state index contributed by atoms with van der Waals surface area (Å²) in [5, 5.41) is 5.88. The maximum Gasteiger partial charge on any atom is 0.251 e. The molecular weight excluding hydrogens is 464 g/mol. The van der Waals surface area contributed by atoms with E-state index in [0.717, 1.165) is 65.1 Å². The molecule has 0 saturated carbocycles. The number of ether oxygens (including phenoxy) is 2. The van der Waals surface area contributed by atoms with Crippen LogP contribution in [-0.2, 0) is 4.74 Å². The predicted molar refractivity (Wildman–Crippen MR) is 148 cm³/mol. The second-order valence-corrected chi connectivity index (χ2v) is 11.1. The molecule has 2 aromatic heterocycles. The number of benzene rings is 2. The van der Waals surface area contributed by atoms with Gasteiger partial charge in [-0.3, -0.25) is 4.79 Å².